The van der Waals surface area contributed by atoms with Crippen LogP contribution in [0.5, 0.6) is 0 Å². The van der Waals surface area contributed by atoms with Crippen LogP contribution in [0.25, 0.3) is 0 Å². The Hall–Kier alpha value is -0.220. The molecule has 0 bridgehead atoms. The highest BCUT2D eigenvalue weighted by Gasteiger charge is 2.12. The molecule has 2 aromatic rings. The second kappa shape index (κ2) is 5.61. The van der Waals surface area contributed by atoms with Crippen LogP contribution < -0.4 is 5.32 Å². The molecule has 90 valence electrons. The fraction of sp³-hybridized carbons (Fsp3) is 0.167. The molecule has 1 aromatic heterocycles. The Morgan fingerprint density at radius 3 is 2.71 bits per heavy atom. The molecule has 1 unspecified atom stereocenters. The van der Waals surface area contributed by atoms with E-state index in [0.29, 0.717) is 10.0 Å². The van der Waals surface area contributed by atoms with E-state index in [9.17, 15) is 0 Å². The van der Waals surface area contributed by atoms with E-state index in [2.05, 4.69) is 33.6 Å². The zero-order valence-electron chi connectivity index (χ0n) is 9.01. The number of hydrogen-bond donors (Lipinski definition) is 1. The Labute approximate surface area is 123 Å². The number of rotatable bonds is 3. The first-order valence-electron chi connectivity index (χ1n) is 5.02. The highest BCUT2D eigenvalue weighted by Crippen LogP contribution is 2.33. The number of hydrogen-bond acceptors (Lipinski definition) is 2. The van der Waals surface area contributed by atoms with E-state index in [4.69, 9.17) is 23.2 Å². The van der Waals surface area contributed by atoms with Crippen molar-refractivity contribution < 1.29 is 0 Å². The minimum atomic E-state index is 0.181. The average Bonchev–Trinajstić information content (AvgIpc) is 2.70. The van der Waals surface area contributed by atoms with Crippen molar-refractivity contribution in [2.45, 2.75) is 13.0 Å². The molecular formula is C12H10BrCl2NS. The first-order chi connectivity index (χ1) is 8.08. The standard InChI is InChI=1S/C12H10BrCl2NS/c1-7(12-9(13)4-5-17-12)16-11-6-8(14)2-3-10(11)15/h2-7,16H,1H3. The van der Waals surface area contributed by atoms with Crippen molar-refractivity contribution >= 4 is 56.2 Å². The molecule has 0 radical (unpaired) electrons. The maximum atomic E-state index is 6.11. The molecule has 2 rings (SSSR count). The SMILES string of the molecule is CC(Nc1cc(Cl)ccc1Cl)c1sccc1Br. The summed E-state index contributed by atoms with van der Waals surface area (Å²) in [5.74, 6) is 0. The van der Waals surface area contributed by atoms with E-state index >= 15 is 0 Å². The molecule has 0 saturated heterocycles. The van der Waals surface area contributed by atoms with E-state index in [1.807, 2.05) is 12.1 Å². The smallest absolute Gasteiger partial charge is 0.0638 e. The largest absolute Gasteiger partial charge is 0.376 e. The Balaban J connectivity index is 2.21. The number of nitrogens with one attached hydrogen (secondary N) is 1. The summed E-state index contributed by atoms with van der Waals surface area (Å²) < 4.78 is 1.11. The summed E-state index contributed by atoms with van der Waals surface area (Å²) in [4.78, 5) is 1.24. The van der Waals surface area contributed by atoms with Gasteiger partial charge in [0, 0.05) is 14.4 Å². The maximum Gasteiger partial charge on any atom is 0.0638 e. The third kappa shape index (κ3) is 3.16. The van der Waals surface area contributed by atoms with Crippen molar-refractivity contribution in [3.63, 3.8) is 0 Å². The minimum absolute atomic E-state index is 0.181. The molecule has 0 aliphatic heterocycles. The minimum Gasteiger partial charge on any atom is -0.376 e. The predicted molar refractivity (Wildman–Crippen MR) is 80.5 cm³/mol. The quantitative estimate of drug-likeness (QED) is 0.716. The highest BCUT2D eigenvalue weighted by atomic mass is 79.9. The van der Waals surface area contributed by atoms with Crippen molar-refractivity contribution in [3.05, 3.63) is 49.0 Å². The van der Waals surface area contributed by atoms with Gasteiger partial charge in [0.15, 0.2) is 0 Å². The molecule has 0 spiro atoms. The fourth-order valence-electron chi connectivity index (χ4n) is 1.52. The molecule has 0 saturated carbocycles. The van der Waals surface area contributed by atoms with Crippen LogP contribution >= 0.6 is 50.5 Å². The van der Waals surface area contributed by atoms with Crippen molar-refractivity contribution in [1.82, 2.24) is 0 Å². The van der Waals surface area contributed by atoms with Gasteiger partial charge < -0.3 is 5.32 Å². The maximum absolute atomic E-state index is 6.11. The molecule has 0 aliphatic carbocycles. The van der Waals surface area contributed by atoms with Crippen LogP contribution in [-0.2, 0) is 0 Å². The number of halogens is 3. The molecule has 17 heavy (non-hydrogen) atoms. The van der Waals surface area contributed by atoms with Crippen molar-refractivity contribution in [2.75, 3.05) is 5.32 Å². The molecule has 0 aliphatic rings. The lowest BCUT2D eigenvalue weighted by Gasteiger charge is -2.16. The lowest BCUT2D eigenvalue weighted by Crippen LogP contribution is -2.05. The van der Waals surface area contributed by atoms with Gasteiger partial charge >= 0.3 is 0 Å². The second-order valence-electron chi connectivity index (χ2n) is 3.62. The molecule has 0 amide bonds. The van der Waals surface area contributed by atoms with Crippen molar-refractivity contribution in [3.8, 4) is 0 Å². The van der Waals surface area contributed by atoms with Crippen LogP contribution in [0.15, 0.2) is 34.1 Å². The van der Waals surface area contributed by atoms with E-state index in [-0.39, 0.29) is 6.04 Å². The van der Waals surface area contributed by atoms with E-state index < -0.39 is 0 Å². The van der Waals surface area contributed by atoms with E-state index in [1.54, 1.807) is 23.5 Å². The number of thiophene rings is 1. The van der Waals surface area contributed by atoms with Gasteiger partial charge in [0.1, 0.15) is 0 Å². The van der Waals surface area contributed by atoms with Gasteiger partial charge in [-0.1, -0.05) is 23.2 Å². The zero-order valence-corrected chi connectivity index (χ0v) is 12.9. The number of benzene rings is 1. The predicted octanol–water partition coefficient (Wildman–Crippen LogP) is 5.99. The molecule has 1 heterocycles. The lowest BCUT2D eigenvalue weighted by atomic mass is 10.2. The summed E-state index contributed by atoms with van der Waals surface area (Å²) >= 11 is 17.3. The van der Waals surface area contributed by atoms with Gasteiger partial charge in [0.05, 0.1) is 16.8 Å². The third-order valence-electron chi connectivity index (χ3n) is 2.34. The highest BCUT2D eigenvalue weighted by molar-refractivity contribution is 9.10. The summed E-state index contributed by atoms with van der Waals surface area (Å²) in [5.41, 5.74) is 0.854. The first-order valence-corrected chi connectivity index (χ1v) is 7.45. The van der Waals surface area contributed by atoms with Crippen molar-refractivity contribution in [2.24, 2.45) is 0 Å². The first kappa shape index (κ1) is 13.2. The van der Waals surface area contributed by atoms with Gasteiger partial charge in [0.2, 0.25) is 0 Å². The molecule has 1 aromatic carbocycles. The Morgan fingerprint density at radius 2 is 2.06 bits per heavy atom. The zero-order chi connectivity index (χ0) is 12.4. The summed E-state index contributed by atoms with van der Waals surface area (Å²) in [7, 11) is 0. The van der Waals surface area contributed by atoms with E-state index in [0.717, 1.165) is 10.2 Å². The summed E-state index contributed by atoms with van der Waals surface area (Å²) in [5, 5.41) is 6.76. The van der Waals surface area contributed by atoms with Gasteiger partial charge in [-0.05, 0) is 52.5 Å². The van der Waals surface area contributed by atoms with Crippen LogP contribution in [0.2, 0.25) is 10.0 Å². The Kier molecular flexibility index (Phi) is 4.36. The van der Waals surface area contributed by atoms with Gasteiger partial charge in [-0.2, -0.15) is 0 Å². The van der Waals surface area contributed by atoms with Crippen molar-refractivity contribution in [1.29, 1.82) is 0 Å². The van der Waals surface area contributed by atoms with Crippen LogP contribution in [0.1, 0.15) is 17.8 Å². The van der Waals surface area contributed by atoms with Gasteiger partial charge in [0.25, 0.3) is 0 Å². The summed E-state index contributed by atoms with van der Waals surface area (Å²) in [6.45, 7) is 2.09. The third-order valence-corrected chi connectivity index (χ3v) is 4.96. The van der Waals surface area contributed by atoms with E-state index in [1.165, 1.54) is 4.88 Å². The average molecular weight is 351 g/mol. The Bertz CT molecular complexity index is 527. The molecule has 1 nitrogen and oxygen atoms in total. The Morgan fingerprint density at radius 1 is 1.29 bits per heavy atom. The van der Waals surface area contributed by atoms with Gasteiger partial charge in [-0.15, -0.1) is 11.3 Å². The molecule has 1 N–H and O–H groups in total. The molecule has 5 heteroatoms. The van der Waals surface area contributed by atoms with Gasteiger partial charge in [-0.3, -0.25) is 0 Å². The van der Waals surface area contributed by atoms with Crippen LogP contribution in [-0.4, -0.2) is 0 Å². The topological polar surface area (TPSA) is 12.0 Å². The van der Waals surface area contributed by atoms with Gasteiger partial charge in [-0.25, -0.2) is 0 Å². The summed E-state index contributed by atoms with van der Waals surface area (Å²) in [6.07, 6.45) is 0. The number of anilines is 1. The molecule has 1 atom stereocenters. The molecular weight excluding hydrogens is 341 g/mol. The second-order valence-corrected chi connectivity index (χ2v) is 6.27. The van der Waals surface area contributed by atoms with Crippen LogP contribution in [0.4, 0.5) is 5.69 Å². The fourth-order valence-corrected chi connectivity index (χ4v) is 3.59. The monoisotopic (exact) mass is 349 g/mol. The lowest BCUT2D eigenvalue weighted by molar-refractivity contribution is 0.903. The summed E-state index contributed by atoms with van der Waals surface area (Å²) in [6, 6.07) is 7.63. The van der Waals surface area contributed by atoms with Crippen LogP contribution in [0, 0.1) is 0 Å². The normalized spacial score (nSPS) is 12.5. The van der Waals surface area contributed by atoms with Crippen LogP contribution in [0.3, 0.4) is 0 Å². The molecule has 0 fully saturated rings.